The average Bonchev–Trinajstić information content (AvgIpc) is 2.83. The van der Waals surface area contributed by atoms with Crippen molar-refractivity contribution in [2.24, 2.45) is 11.8 Å². The molecule has 2 unspecified atom stereocenters. The van der Waals surface area contributed by atoms with E-state index in [1.54, 1.807) is 11.4 Å². The van der Waals surface area contributed by atoms with E-state index in [1.165, 1.54) is 24.2 Å². The Balaban J connectivity index is 1.83. The van der Waals surface area contributed by atoms with Crippen LogP contribution in [0.3, 0.4) is 0 Å². The summed E-state index contributed by atoms with van der Waals surface area (Å²) in [6.07, 6.45) is 7.11. The Morgan fingerprint density at radius 2 is 1.79 bits per heavy atom. The molecular formula is C13H18ClNO2S2. The molecule has 1 heterocycles. The summed E-state index contributed by atoms with van der Waals surface area (Å²) in [6, 6.07) is 1.76. The zero-order valence-corrected chi connectivity index (χ0v) is 13.0. The molecule has 1 aromatic heterocycles. The standard InChI is InChI=1S/C13H18ClNO2S2/c14-11-7-8-18-13(11)19(16,17)15-12-9-3-1-2-4-10(12)6-5-9/h7-10,12,15H,1-6H2. The van der Waals surface area contributed by atoms with Crippen LogP contribution in [0.4, 0.5) is 0 Å². The van der Waals surface area contributed by atoms with Crippen molar-refractivity contribution in [3.8, 4) is 0 Å². The maximum absolute atomic E-state index is 12.4. The van der Waals surface area contributed by atoms with Gasteiger partial charge in [0, 0.05) is 6.04 Å². The normalized spacial score (nSPS) is 31.3. The first-order valence-corrected chi connectivity index (χ1v) is 9.57. The SMILES string of the molecule is O=S(=O)(NC1C2CCCCC1CC2)c1sccc1Cl. The second kappa shape index (κ2) is 5.35. The number of fused-ring (bicyclic) bond motifs is 2. The lowest BCUT2D eigenvalue weighted by Crippen LogP contribution is -2.40. The van der Waals surface area contributed by atoms with E-state index < -0.39 is 10.0 Å². The molecule has 6 heteroatoms. The van der Waals surface area contributed by atoms with Crippen molar-refractivity contribution < 1.29 is 8.42 Å². The van der Waals surface area contributed by atoms with E-state index in [1.807, 2.05) is 0 Å². The highest BCUT2D eigenvalue weighted by molar-refractivity contribution is 7.91. The van der Waals surface area contributed by atoms with Crippen LogP contribution in [-0.2, 0) is 10.0 Å². The lowest BCUT2D eigenvalue weighted by molar-refractivity contribution is 0.382. The van der Waals surface area contributed by atoms with E-state index in [9.17, 15) is 8.42 Å². The van der Waals surface area contributed by atoms with Gasteiger partial charge in [-0.15, -0.1) is 11.3 Å². The van der Waals surface area contributed by atoms with Gasteiger partial charge in [0.2, 0.25) is 0 Å². The second-order valence-corrected chi connectivity index (χ2v) is 8.82. The quantitative estimate of drug-likeness (QED) is 0.924. The van der Waals surface area contributed by atoms with Crippen LogP contribution in [0.1, 0.15) is 38.5 Å². The van der Waals surface area contributed by atoms with Gasteiger partial charge in [-0.1, -0.05) is 24.4 Å². The molecule has 2 atom stereocenters. The van der Waals surface area contributed by atoms with Crippen molar-refractivity contribution in [2.75, 3.05) is 0 Å². The summed E-state index contributed by atoms with van der Waals surface area (Å²) in [5, 5.41) is 2.05. The van der Waals surface area contributed by atoms with Gasteiger partial charge < -0.3 is 0 Å². The molecule has 3 rings (SSSR count). The van der Waals surface area contributed by atoms with Crippen molar-refractivity contribution in [1.82, 2.24) is 4.72 Å². The van der Waals surface area contributed by atoms with E-state index in [0.717, 1.165) is 25.7 Å². The minimum atomic E-state index is -3.45. The minimum Gasteiger partial charge on any atom is -0.207 e. The first-order valence-electron chi connectivity index (χ1n) is 6.83. The summed E-state index contributed by atoms with van der Waals surface area (Å²) in [5.41, 5.74) is 0. The summed E-state index contributed by atoms with van der Waals surface area (Å²) in [6.45, 7) is 0. The van der Waals surface area contributed by atoms with E-state index in [0.29, 0.717) is 16.9 Å². The van der Waals surface area contributed by atoms with E-state index >= 15 is 0 Å². The van der Waals surface area contributed by atoms with Crippen LogP contribution in [0.25, 0.3) is 0 Å². The highest BCUT2D eigenvalue weighted by Gasteiger charge is 2.40. The molecule has 2 aliphatic rings. The Labute approximate surface area is 123 Å². The molecular weight excluding hydrogens is 302 g/mol. The van der Waals surface area contributed by atoms with Gasteiger partial charge in [-0.2, -0.15) is 0 Å². The molecule has 0 spiro atoms. The molecule has 0 radical (unpaired) electrons. The van der Waals surface area contributed by atoms with Crippen LogP contribution in [0.2, 0.25) is 5.02 Å². The molecule has 2 saturated carbocycles. The van der Waals surface area contributed by atoms with Gasteiger partial charge in [0.25, 0.3) is 10.0 Å². The van der Waals surface area contributed by atoms with Crippen molar-refractivity contribution in [1.29, 1.82) is 0 Å². The molecule has 2 aliphatic carbocycles. The van der Waals surface area contributed by atoms with Crippen LogP contribution < -0.4 is 4.72 Å². The smallest absolute Gasteiger partial charge is 0.207 e. The number of hydrogen-bond acceptors (Lipinski definition) is 3. The molecule has 106 valence electrons. The van der Waals surface area contributed by atoms with Crippen LogP contribution in [-0.4, -0.2) is 14.5 Å². The van der Waals surface area contributed by atoms with E-state index in [-0.39, 0.29) is 10.3 Å². The van der Waals surface area contributed by atoms with Gasteiger partial charge >= 0.3 is 0 Å². The van der Waals surface area contributed by atoms with Gasteiger partial charge in [-0.05, 0) is 49.0 Å². The third-order valence-electron chi connectivity index (χ3n) is 4.44. The molecule has 2 bridgehead atoms. The second-order valence-electron chi connectivity index (χ2n) is 5.59. The third-order valence-corrected chi connectivity index (χ3v) is 7.93. The first-order chi connectivity index (χ1) is 9.08. The largest absolute Gasteiger partial charge is 0.251 e. The Hall–Kier alpha value is -0.100. The summed E-state index contributed by atoms with van der Waals surface area (Å²) in [5.74, 6) is 1.03. The molecule has 1 N–H and O–H groups in total. The van der Waals surface area contributed by atoms with Crippen LogP contribution >= 0.6 is 22.9 Å². The van der Waals surface area contributed by atoms with Gasteiger partial charge in [-0.25, -0.2) is 13.1 Å². The highest BCUT2D eigenvalue weighted by atomic mass is 35.5. The van der Waals surface area contributed by atoms with Gasteiger partial charge in [-0.3, -0.25) is 0 Å². The lowest BCUT2D eigenvalue weighted by Gasteiger charge is -2.23. The Morgan fingerprint density at radius 3 is 2.32 bits per heavy atom. The number of sulfonamides is 1. The summed E-state index contributed by atoms with van der Waals surface area (Å²) in [4.78, 5) is 0. The topological polar surface area (TPSA) is 46.2 Å². The molecule has 3 nitrogen and oxygen atoms in total. The molecule has 0 aromatic carbocycles. The van der Waals surface area contributed by atoms with Crippen molar-refractivity contribution in [3.63, 3.8) is 0 Å². The maximum atomic E-state index is 12.4. The van der Waals surface area contributed by atoms with Crippen molar-refractivity contribution in [2.45, 2.75) is 48.8 Å². The molecule has 2 fully saturated rings. The van der Waals surface area contributed by atoms with Crippen LogP contribution in [0, 0.1) is 11.8 Å². The summed E-state index contributed by atoms with van der Waals surface area (Å²) in [7, 11) is -3.45. The zero-order chi connectivity index (χ0) is 13.5. The fourth-order valence-electron chi connectivity index (χ4n) is 3.53. The number of thiophene rings is 1. The lowest BCUT2D eigenvalue weighted by atomic mass is 9.98. The Morgan fingerprint density at radius 1 is 1.16 bits per heavy atom. The van der Waals surface area contributed by atoms with E-state index in [2.05, 4.69) is 4.72 Å². The predicted molar refractivity (Wildman–Crippen MR) is 78.1 cm³/mol. The number of nitrogens with one attached hydrogen (secondary N) is 1. The number of halogens is 1. The Bertz CT molecular complexity index is 541. The highest BCUT2D eigenvalue weighted by Crippen LogP contribution is 2.41. The van der Waals surface area contributed by atoms with Gasteiger partial charge in [0.05, 0.1) is 5.02 Å². The molecule has 0 amide bonds. The third kappa shape index (κ3) is 2.71. The van der Waals surface area contributed by atoms with Gasteiger partial charge in [0.1, 0.15) is 0 Å². The molecule has 19 heavy (non-hydrogen) atoms. The first kappa shape index (κ1) is 13.9. The predicted octanol–water partition coefficient (Wildman–Crippen LogP) is 3.65. The average molecular weight is 320 g/mol. The van der Waals surface area contributed by atoms with E-state index in [4.69, 9.17) is 11.6 Å². The van der Waals surface area contributed by atoms with Gasteiger partial charge in [0.15, 0.2) is 4.21 Å². The maximum Gasteiger partial charge on any atom is 0.251 e. The van der Waals surface area contributed by atoms with Crippen LogP contribution in [0.15, 0.2) is 15.7 Å². The fraction of sp³-hybridized carbons (Fsp3) is 0.692. The fourth-order valence-corrected chi connectivity index (χ4v) is 6.61. The molecule has 0 aliphatic heterocycles. The molecule has 1 aromatic rings. The van der Waals surface area contributed by atoms with Crippen LogP contribution in [0.5, 0.6) is 0 Å². The van der Waals surface area contributed by atoms with Crippen molar-refractivity contribution >= 4 is 33.0 Å². The number of hydrogen-bond donors (Lipinski definition) is 1. The van der Waals surface area contributed by atoms with Crippen molar-refractivity contribution in [3.05, 3.63) is 16.5 Å². The zero-order valence-electron chi connectivity index (χ0n) is 10.6. The summed E-state index contributed by atoms with van der Waals surface area (Å²) < 4.78 is 28.1. The summed E-state index contributed by atoms with van der Waals surface area (Å²) >= 11 is 7.14. The monoisotopic (exact) mass is 319 g/mol. The Kier molecular flexibility index (Phi) is 3.91. The minimum absolute atomic E-state index is 0.116. The number of rotatable bonds is 3. The molecule has 0 saturated heterocycles.